The minimum atomic E-state index is -0.234. The van der Waals surface area contributed by atoms with Gasteiger partial charge in [-0.2, -0.15) is 0 Å². The molecule has 2 atom stereocenters. The molecule has 5 nitrogen and oxygen atoms in total. The normalized spacial score (nSPS) is 15.6. The molecule has 2 unspecified atom stereocenters. The van der Waals surface area contributed by atoms with Gasteiger partial charge in [0.2, 0.25) is 11.8 Å². The first-order valence-electron chi connectivity index (χ1n) is 10.6. The Morgan fingerprint density at radius 2 is 1.76 bits per heavy atom. The Balaban J connectivity index is 1.52. The number of amides is 2. The lowest BCUT2D eigenvalue weighted by Crippen LogP contribution is -2.38. The number of benzene rings is 2. The van der Waals surface area contributed by atoms with Crippen molar-refractivity contribution in [2.75, 3.05) is 23.3 Å². The fraction of sp³-hybridized carbons (Fsp3) is 0.417. The van der Waals surface area contributed by atoms with E-state index < -0.39 is 0 Å². The number of hydrogen-bond donors (Lipinski definition) is 2. The lowest BCUT2D eigenvalue weighted by atomic mass is 9.95. The Kier molecular flexibility index (Phi) is 7.28. The zero-order valence-electron chi connectivity index (χ0n) is 17.4. The average Bonchev–Trinajstić information content (AvgIpc) is 3.24. The summed E-state index contributed by atoms with van der Waals surface area (Å²) < 4.78 is 0. The summed E-state index contributed by atoms with van der Waals surface area (Å²) >= 11 is 0. The molecule has 1 saturated heterocycles. The third-order valence-corrected chi connectivity index (χ3v) is 5.41. The predicted octanol–water partition coefficient (Wildman–Crippen LogP) is 4.31. The Labute approximate surface area is 173 Å². The van der Waals surface area contributed by atoms with E-state index >= 15 is 0 Å². The topological polar surface area (TPSA) is 61.4 Å². The number of rotatable bonds is 8. The van der Waals surface area contributed by atoms with Gasteiger partial charge < -0.3 is 15.5 Å². The molecule has 0 aliphatic carbocycles. The van der Waals surface area contributed by atoms with Crippen molar-refractivity contribution in [3.63, 3.8) is 0 Å². The van der Waals surface area contributed by atoms with E-state index in [0.717, 1.165) is 36.4 Å². The maximum atomic E-state index is 12.7. The average molecular weight is 394 g/mol. The highest BCUT2D eigenvalue weighted by Gasteiger charge is 2.21. The van der Waals surface area contributed by atoms with E-state index in [9.17, 15) is 9.59 Å². The fourth-order valence-electron chi connectivity index (χ4n) is 3.90. The molecule has 29 heavy (non-hydrogen) atoms. The van der Waals surface area contributed by atoms with E-state index in [1.54, 1.807) is 0 Å². The predicted molar refractivity (Wildman–Crippen MR) is 118 cm³/mol. The Hall–Kier alpha value is -2.82. The van der Waals surface area contributed by atoms with Gasteiger partial charge in [0.1, 0.15) is 0 Å². The van der Waals surface area contributed by atoms with Gasteiger partial charge in [-0.05, 0) is 49.9 Å². The zero-order chi connectivity index (χ0) is 20.6. The van der Waals surface area contributed by atoms with Crippen LogP contribution in [0.3, 0.4) is 0 Å². The van der Waals surface area contributed by atoms with Gasteiger partial charge in [0.15, 0.2) is 0 Å². The lowest BCUT2D eigenvalue weighted by molar-refractivity contribution is -0.123. The minimum absolute atomic E-state index is 0.0324. The molecular weight excluding hydrogens is 362 g/mol. The Bertz CT molecular complexity index is 816. The van der Waals surface area contributed by atoms with Crippen LogP contribution in [0.25, 0.3) is 0 Å². The maximum absolute atomic E-state index is 12.7. The summed E-state index contributed by atoms with van der Waals surface area (Å²) in [4.78, 5) is 27.5. The number of carbonyl (C=O) groups excluding carboxylic acids is 2. The van der Waals surface area contributed by atoms with Gasteiger partial charge in [0, 0.05) is 36.9 Å². The summed E-state index contributed by atoms with van der Waals surface area (Å²) in [5.74, 6) is -0.321. The molecule has 0 spiro atoms. The first-order valence-corrected chi connectivity index (χ1v) is 10.6. The maximum Gasteiger partial charge on any atom is 0.227 e. The molecule has 1 heterocycles. The van der Waals surface area contributed by atoms with E-state index in [1.807, 2.05) is 62.4 Å². The van der Waals surface area contributed by atoms with Crippen molar-refractivity contribution in [1.29, 1.82) is 0 Å². The van der Waals surface area contributed by atoms with E-state index in [0.29, 0.717) is 0 Å². The molecule has 1 aliphatic rings. The van der Waals surface area contributed by atoms with Gasteiger partial charge in [-0.25, -0.2) is 0 Å². The molecule has 3 rings (SSSR count). The second kappa shape index (κ2) is 10.1. The van der Waals surface area contributed by atoms with Crippen molar-refractivity contribution >= 4 is 23.2 Å². The summed E-state index contributed by atoms with van der Waals surface area (Å²) in [5.41, 5.74) is 2.95. The molecular formula is C24H31N3O2. The molecule has 1 fully saturated rings. The third kappa shape index (κ3) is 5.83. The van der Waals surface area contributed by atoms with Crippen LogP contribution < -0.4 is 15.5 Å². The van der Waals surface area contributed by atoms with Crippen LogP contribution in [0.4, 0.5) is 11.4 Å². The second-order valence-corrected chi connectivity index (χ2v) is 7.78. The monoisotopic (exact) mass is 393 g/mol. The first-order chi connectivity index (χ1) is 14.1. The van der Waals surface area contributed by atoms with Crippen LogP contribution in [0.5, 0.6) is 0 Å². The van der Waals surface area contributed by atoms with Crippen molar-refractivity contribution in [2.24, 2.45) is 0 Å². The minimum Gasteiger partial charge on any atom is -0.371 e. The van der Waals surface area contributed by atoms with E-state index in [-0.39, 0.29) is 30.2 Å². The van der Waals surface area contributed by atoms with Gasteiger partial charge in [0.05, 0.1) is 5.92 Å². The zero-order valence-corrected chi connectivity index (χ0v) is 17.4. The summed E-state index contributed by atoms with van der Waals surface area (Å²) in [7, 11) is 0. The van der Waals surface area contributed by atoms with E-state index in [4.69, 9.17) is 0 Å². The van der Waals surface area contributed by atoms with Crippen LogP contribution in [-0.2, 0) is 9.59 Å². The number of carbonyl (C=O) groups is 2. The fourth-order valence-corrected chi connectivity index (χ4v) is 3.90. The summed E-state index contributed by atoms with van der Waals surface area (Å²) in [6.45, 7) is 6.01. The molecule has 2 N–H and O–H groups in total. The summed E-state index contributed by atoms with van der Waals surface area (Å²) in [6, 6.07) is 17.5. The Morgan fingerprint density at radius 1 is 1.03 bits per heavy atom. The van der Waals surface area contributed by atoms with Gasteiger partial charge in [-0.3, -0.25) is 9.59 Å². The summed E-state index contributed by atoms with van der Waals surface area (Å²) in [5, 5.41) is 5.96. The SMILES string of the molecule is CCC(C(=O)NC(C)CC(=O)Nc1cccc(N2CCCC2)c1)c1ccccc1. The van der Waals surface area contributed by atoms with Crippen molar-refractivity contribution in [3.8, 4) is 0 Å². The molecule has 0 saturated carbocycles. The first kappa shape index (κ1) is 20.9. The van der Waals surface area contributed by atoms with Crippen LogP contribution >= 0.6 is 0 Å². The van der Waals surface area contributed by atoms with E-state index in [2.05, 4.69) is 21.6 Å². The Morgan fingerprint density at radius 3 is 2.45 bits per heavy atom. The van der Waals surface area contributed by atoms with Crippen LogP contribution in [0, 0.1) is 0 Å². The van der Waals surface area contributed by atoms with Gasteiger partial charge in [0.25, 0.3) is 0 Å². The number of nitrogens with zero attached hydrogens (tertiary/aromatic N) is 1. The molecule has 154 valence electrons. The van der Waals surface area contributed by atoms with E-state index in [1.165, 1.54) is 12.8 Å². The van der Waals surface area contributed by atoms with Crippen molar-refractivity contribution < 1.29 is 9.59 Å². The van der Waals surface area contributed by atoms with Crippen molar-refractivity contribution in [2.45, 2.75) is 51.5 Å². The number of anilines is 2. The highest BCUT2D eigenvalue weighted by atomic mass is 16.2. The molecule has 2 aromatic carbocycles. The molecule has 1 aliphatic heterocycles. The van der Waals surface area contributed by atoms with Crippen molar-refractivity contribution in [1.82, 2.24) is 5.32 Å². The standard InChI is InChI=1S/C24H31N3O2/c1-3-22(19-10-5-4-6-11-19)24(29)25-18(2)16-23(28)26-20-12-9-13-21(17-20)27-14-7-8-15-27/h4-6,9-13,17-18,22H,3,7-8,14-16H2,1-2H3,(H,25,29)(H,26,28). The lowest BCUT2D eigenvalue weighted by Gasteiger charge is -2.20. The van der Waals surface area contributed by atoms with Crippen LogP contribution in [0.2, 0.25) is 0 Å². The largest absolute Gasteiger partial charge is 0.371 e. The molecule has 0 radical (unpaired) electrons. The molecule has 5 heteroatoms. The molecule has 0 aromatic heterocycles. The number of hydrogen-bond acceptors (Lipinski definition) is 3. The molecule has 0 bridgehead atoms. The molecule has 2 amide bonds. The second-order valence-electron chi connectivity index (χ2n) is 7.78. The quantitative estimate of drug-likeness (QED) is 0.702. The third-order valence-electron chi connectivity index (χ3n) is 5.41. The van der Waals surface area contributed by atoms with Crippen LogP contribution in [0.1, 0.15) is 51.0 Å². The van der Waals surface area contributed by atoms with Gasteiger partial charge >= 0.3 is 0 Å². The van der Waals surface area contributed by atoms with Crippen LogP contribution in [-0.4, -0.2) is 30.9 Å². The number of nitrogens with one attached hydrogen (secondary N) is 2. The van der Waals surface area contributed by atoms with Crippen molar-refractivity contribution in [3.05, 3.63) is 60.2 Å². The summed E-state index contributed by atoms with van der Waals surface area (Å²) in [6.07, 6.45) is 3.40. The van der Waals surface area contributed by atoms with Crippen LogP contribution in [0.15, 0.2) is 54.6 Å². The smallest absolute Gasteiger partial charge is 0.227 e. The molecule has 2 aromatic rings. The highest BCUT2D eigenvalue weighted by Crippen LogP contribution is 2.23. The van der Waals surface area contributed by atoms with Gasteiger partial charge in [-0.15, -0.1) is 0 Å². The van der Waals surface area contributed by atoms with Gasteiger partial charge in [-0.1, -0.05) is 43.3 Å². The highest BCUT2D eigenvalue weighted by molar-refractivity contribution is 5.92.